The first-order valence-electron chi connectivity index (χ1n) is 9.95. The van der Waals surface area contributed by atoms with Gasteiger partial charge in [-0.3, -0.25) is 0 Å². The fourth-order valence-electron chi connectivity index (χ4n) is 2.81. The molecule has 0 amide bonds. The molecule has 7 nitrogen and oxygen atoms in total. The van der Waals surface area contributed by atoms with Crippen molar-refractivity contribution in [3.8, 4) is 16.9 Å². The van der Waals surface area contributed by atoms with Crippen LogP contribution in [-0.4, -0.2) is 30.8 Å². The highest BCUT2D eigenvalue weighted by Crippen LogP contribution is 2.27. The highest BCUT2D eigenvalue weighted by molar-refractivity contribution is 5.95. The number of hydrogen-bond donors (Lipinski definition) is 1. The van der Waals surface area contributed by atoms with Gasteiger partial charge in [-0.15, -0.1) is 0 Å². The predicted octanol–water partition coefficient (Wildman–Crippen LogP) is 4.26. The van der Waals surface area contributed by atoms with Crippen molar-refractivity contribution in [2.24, 2.45) is 5.90 Å². The zero-order valence-corrected chi connectivity index (χ0v) is 18.6. The van der Waals surface area contributed by atoms with Gasteiger partial charge in [-0.05, 0) is 63.4 Å². The lowest BCUT2D eigenvalue weighted by Gasteiger charge is -2.19. The van der Waals surface area contributed by atoms with Crippen molar-refractivity contribution in [1.82, 2.24) is 0 Å². The second kappa shape index (κ2) is 10.6. The van der Waals surface area contributed by atoms with E-state index in [-0.39, 0.29) is 19.0 Å². The fraction of sp³-hybridized carbons (Fsp3) is 0.333. The van der Waals surface area contributed by atoms with Crippen LogP contribution >= 0.6 is 0 Å². The second-order valence-electron chi connectivity index (χ2n) is 7.77. The molecule has 2 aromatic carbocycles. The van der Waals surface area contributed by atoms with Crippen LogP contribution in [0.25, 0.3) is 16.7 Å². The van der Waals surface area contributed by atoms with Gasteiger partial charge < -0.3 is 19.0 Å². The number of allylic oxidation sites excluding steroid dienone is 1. The van der Waals surface area contributed by atoms with Gasteiger partial charge in [-0.1, -0.05) is 36.4 Å². The van der Waals surface area contributed by atoms with Crippen LogP contribution in [0.2, 0.25) is 0 Å². The summed E-state index contributed by atoms with van der Waals surface area (Å²) in [7, 11) is 0. The lowest BCUT2D eigenvalue weighted by Crippen LogP contribution is -2.27. The Bertz CT molecular complexity index is 941. The Balaban J connectivity index is 2.15. The van der Waals surface area contributed by atoms with Gasteiger partial charge in [0.25, 0.3) is 0 Å². The molecule has 2 rings (SSSR count). The van der Waals surface area contributed by atoms with Crippen molar-refractivity contribution in [3.63, 3.8) is 0 Å². The standard InChI is InChI=1S/C24H29NO6/c1-6-28-23(27)22(31-25)16(2)17-10-12-18(13-11-17)19-8-7-9-20(14-19)29-15-21(26)30-24(3,4)5/h7-14H,6,15,25H2,1-5H3. The molecule has 31 heavy (non-hydrogen) atoms. The van der Waals surface area contributed by atoms with Crippen LogP contribution in [0.1, 0.15) is 40.2 Å². The van der Waals surface area contributed by atoms with E-state index < -0.39 is 17.5 Å². The summed E-state index contributed by atoms with van der Waals surface area (Å²) in [5.41, 5.74) is 2.64. The lowest BCUT2D eigenvalue weighted by molar-refractivity contribution is -0.157. The Labute approximate surface area is 182 Å². The average Bonchev–Trinajstić information content (AvgIpc) is 2.72. The van der Waals surface area contributed by atoms with Crippen molar-refractivity contribution < 1.29 is 28.6 Å². The molecule has 0 aliphatic carbocycles. The van der Waals surface area contributed by atoms with Gasteiger partial charge in [0.2, 0.25) is 5.76 Å². The first kappa shape index (κ1) is 24.0. The van der Waals surface area contributed by atoms with Crippen LogP contribution in [0.5, 0.6) is 5.75 Å². The van der Waals surface area contributed by atoms with E-state index in [0.717, 1.165) is 16.7 Å². The SMILES string of the molecule is CCOC(=O)C(ON)=C(C)c1ccc(-c2cccc(OCC(=O)OC(C)(C)C)c2)cc1. The number of carbonyl (C=O) groups excluding carboxylic acids is 2. The summed E-state index contributed by atoms with van der Waals surface area (Å²) in [6.45, 7) is 8.93. The molecule has 166 valence electrons. The molecule has 0 fully saturated rings. The molecule has 2 aromatic rings. The van der Waals surface area contributed by atoms with E-state index in [4.69, 9.17) is 24.9 Å². The maximum atomic E-state index is 12.0. The van der Waals surface area contributed by atoms with Crippen LogP contribution in [0, 0.1) is 0 Å². The molecule has 0 saturated heterocycles. The molecule has 2 N–H and O–H groups in total. The zero-order chi connectivity index (χ0) is 23.0. The summed E-state index contributed by atoms with van der Waals surface area (Å²) in [5.74, 6) is 4.75. The average molecular weight is 427 g/mol. The van der Waals surface area contributed by atoms with Crippen LogP contribution in [0.4, 0.5) is 0 Å². The highest BCUT2D eigenvalue weighted by atomic mass is 16.6. The number of rotatable bonds is 8. The second-order valence-corrected chi connectivity index (χ2v) is 7.77. The number of hydrogen-bond acceptors (Lipinski definition) is 7. The molecule has 0 bridgehead atoms. The molecular formula is C24H29NO6. The van der Waals surface area contributed by atoms with Crippen molar-refractivity contribution >= 4 is 17.5 Å². The summed E-state index contributed by atoms with van der Waals surface area (Å²) in [6.07, 6.45) is 0. The monoisotopic (exact) mass is 427 g/mol. The largest absolute Gasteiger partial charge is 0.482 e. The fourth-order valence-corrected chi connectivity index (χ4v) is 2.81. The highest BCUT2D eigenvalue weighted by Gasteiger charge is 2.18. The maximum Gasteiger partial charge on any atom is 0.376 e. The summed E-state index contributed by atoms with van der Waals surface area (Å²) in [4.78, 5) is 28.6. The smallest absolute Gasteiger partial charge is 0.376 e. The van der Waals surface area contributed by atoms with Crippen LogP contribution in [0.15, 0.2) is 54.3 Å². The summed E-state index contributed by atoms with van der Waals surface area (Å²) in [5, 5.41) is 0. The normalized spacial score (nSPS) is 11.9. The molecule has 0 unspecified atom stereocenters. The van der Waals surface area contributed by atoms with Gasteiger partial charge in [-0.25, -0.2) is 9.59 Å². The Morgan fingerprint density at radius 3 is 2.26 bits per heavy atom. The number of esters is 2. The first-order valence-corrected chi connectivity index (χ1v) is 9.95. The Morgan fingerprint density at radius 2 is 1.68 bits per heavy atom. The minimum absolute atomic E-state index is 0.0351. The van der Waals surface area contributed by atoms with Gasteiger partial charge in [0, 0.05) is 5.57 Å². The van der Waals surface area contributed by atoms with E-state index in [1.165, 1.54) is 0 Å². The number of nitrogens with two attached hydrogens (primary N) is 1. The molecule has 0 atom stereocenters. The van der Waals surface area contributed by atoms with E-state index in [9.17, 15) is 9.59 Å². The topological polar surface area (TPSA) is 97.1 Å². The summed E-state index contributed by atoms with van der Waals surface area (Å²) >= 11 is 0. The van der Waals surface area contributed by atoms with E-state index in [2.05, 4.69) is 0 Å². The minimum Gasteiger partial charge on any atom is -0.482 e. The van der Waals surface area contributed by atoms with Gasteiger partial charge >= 0.3 is 11.9 Å². The van der Waals surface area contributed by atoms with Gasteiger partial charge in [0.05, 0.1) is 6.61 Å². The molecule has 0 aliphatic rings. The van der Waals surface area contributed by atoms with Crippen LogP contribution in [0.3, 0.4) is 0 Å². The van der Waals surface area contributed by atoms with Crippen molar-refractivity contribution in [1.29, 1.82) is 0 Å². The molecular weight excluding hydrogens is 398 g/mol. The third-order valence-corrected chi connectivity index (χ3v) is 4.18. The molecule has 0 saturated carbocycles. The van der Waals surface area contributed by atoms with Crippen molar-refractivity contribution in [2.75, 3.05) is 13.2 Å². The van der Waals surface area contributed by atoms with Gasteiger partial charge in [0.15, 0.2) is 6.61 Å². The van der Waals surface area contributed by atoms with E-state index in [1.807, 2.05) is 42.5 Å². The first-order chi connectivity index (χ1) is 14.6. The molecule has 0 aliphatic heterocycles. The Hall–Kier alpha value is -3.32. The van der Waals surface area contributed by atoms with E-state index >= 15 is 0 Å². The molecule has 0 heterocycles. The molecule has 7 heteroatoms. The third kappa shape index (κ3) is 7.15. The van der Waals surface area contributed by atoms with Crippen molar-refractivity contribution in [2.45, 2.75) is 40.2 Å². The Kier molecular flexibility index (Phi) is 8.22. The number of ether oxygens (including phenoxy) is 3. The van der Waals surface area contributed by atoms with E-state index in [1.54, 1.807) is 40.7 Å². The molecule has 0 radical (unpaired) electrons. The van der Waals surface area contributed by atoms with Gasteiger partial charge in [0.1, 0.15) is 11.4 Å². The number of benzene rings is 2. The van der Waals surface area contributed by atoms with Crippen molar-refractivity contribution in [3.05, 3.63) is 59.9 Å². The molecule has 0 aromatic heterocycles. The maximum absolute atomic E-state index is 12.0. The Morgan fingerprint density at radius 1 is 1.00 bits per heavy atom. The van der Waals surface area contributed by atoms with E-state index in [0.29, 0.717) is 11.3 Å². The van der Waals surface area contributed by atoms with Crippen LogP contribution < -0.4 is 10.6 Å². The zero-order valence-electron chi connectivity index (χ0n) is 18.6. The predicted molar refractivity (Wildman–Crippen MR) is 118 cm³/mol. The minimum atomic E-state index is -0.610. The molecule has 0 spiro atoms. The summed E-state index contributed by atoms with van der Waals surface area (Å²) < 4.78 is 15.8. The third-order valence-electron chi connectivity index (χ3n) is 4.18. The van der Waals surface area contributed by atoms with Crippen LogP contribution in [-0.2, 0) is 23.9 Å². The van der Waals surface area contributed by atoms with Gasteiger partial charge in [-0.2, -0.15) is 5.90 Å². The summed E-state index contributed by atoms with van der Waals surface area (Å²) in [6, 6.07) is 14.9. The lowest BCUT2D eigenvalue weighted by atomic mass is 10.0. The quantitative estimate of drug-likeness (QED) is 0.291. The number of carbonyl (C=O) groups is 2.